The van der Waals surface area contributed by atoms with Gasteiger partial charge in [-0.1, -0.05) is 0 Å². The van der Waals surface area contributed by atoms with Crippen molar-refractivity contribution in [2.45, 2.75) is 29.5 Å². The van der Waals surface area contributed by atoms with Gasteiger partial charge in [-0.3, -0.25) is 0 Å². The van der Waals surface area contributed by atoms with Crippen molar-refractivity contribution < 1.29 is 8.42 Å². The van der Waals surface area contributed by atoms with Crippen LogP contribution in [0.4, 0.5) is 0 Å². The van der Waals surface area contributed by atoms with Gasteiger partial charge in [-0.05, 0) is 31.9 Å². The van der Waals surface area contributed by atoms with Crippen LogP contribution in [-0.4, -0.2) is 14.0 Å². The van der Waals surface area contributed by atoms with Gasteiger partial charge in [0, 0.05) is 5.54 Å². The molecule has 0 spiro atoms. The topological polar surface area (TPSA) is 70.0 Å². The van der Waals surface area contributed by atoms with E-state index in [1.165, 1.54) is 12.1 Å². The van der Waals surface area contributed by atoms with Crippen molar-refractivity contribution in [3.8, 4) is 6.07 Å². The van der Waals surface area contributed by atoms with Crippen molar-refractivity contribution in [1.29, 1.82) is 5.26 Å². The fraction of sp³-hybridized carbons (Fsp3) is 0.444. The molecule has 0 bridgehead atoms. The summed E-state index contributed by atoms with van der Waals surface area (Å²) in [6.45, 7) is 1.88. The molecule has 1 aromatic rings. The Balaban J connectivity index is 2.26. The summed E-state index contributed by atoms with van der Waals surface area (Å²) in [6.07, 6.45) is 1.76. The lowest BCUT2D eigenvalue weighted by Crippen LogP contribution is -2.33. The third-order valence-electron chi connectivity index (χ3n) is 2.34. The fourth-order valence-electron chi connectivity index (χ4n) is 1.19. The second-order valence-electron chi connectivity index (χ2n) is 3.90. The van der Waals surface area contributed by atoms with Gasteiger partial charge in [-0.25, -0.2) is 13.1 Å². The molecule has 1 aliphatic carbocycles. The summed E-state index contributed by atoms with van der Waals surface area (Å²) in [4.78, 5) is 0.413. The molecule has 15 heavy (non-hydrogen) atoms. The minimum absolute atomic E-state index is 0.215. The second kappa shape index (κ2) is 3.30. The number of hydrogen-bond acceptors (Lipinski definition) is 4. The molecular weight excluding hydrogens is 232 g/mol. The van der Waals surface area contributed by atoms with E-state index in [9.17, 15) is 8.42 Å². The molecule has 6 heteroatoms. The lowest BCUT2D eigenvalue weighted by atomic mass is 10.4. The number of sulfonamides is 1. The standard InChI is InChI=1S/C9H10N2O2S2/c1-9(4-5-9)11-15(12,13)8-3-2-7(6-10)14-8/h2-3,11H,4-5H2,1H3. The zero-order valence-electron chi connectivity index (χ0n) is 8.15. The summed E-state index contributed by atoms with van der Waals surface area (Å²) < 4.78 is 26.5. The molecule has 0 aliphatic heterocycles. The first-order valence-corrected chi connectivity index (χ1v) is 6.79. The third-order valence-corrected chi connectivity index (χ3v) is 5.46. The van der Waals surface area contributed by atoms with Crippen LogP contribution in [0.25, 0.3) is 0 Å². The minimum atomic E-state index is -3.43. The van der Waals surface area contributed by atoms with Crippen LogP contribution in [-0.2, 0) is 10.0 Å². The van der Waals surface area contributed by atoms with E-state index in [-0.39, 0.29) is 9.75 Å². The Morgan fingerprint density at radius 3 is 2.67 bits per heavy atom. The molecule has 0 unspecified atom stereocenters. The fourth-order valence-corrected chi connectivity index (χ4v) is 3.76. The minimum Gasteiger partial charge on any atom is -0.206 e. The van der Waals surface area contributed by atoms with Gasteiger partial charge < -0.3 is 0 Å². The van der Waals surface area contributed by atoms with Crippen molar-refractivity contribution in [1.82, 2.24) is 4.72 Å². The summed E-state index contributed by atoms with van der Waals surface area (Å²) in [5.41, 5.74) is -0.268. The number of nitriles is 1. The maximum Gasteiger partial charge on any atom is 0.250 e. The summed E-state index contributed by atoms with van der Waals surface area (Å²) in [6, 6.07) is 4.92. The lowest BCUT2D eigenvalue weighted by molar-refractivity contribution is 0.560. The zero-order valence-corrected chi connectivity index (χ0v) is 9.78. The van der Waals surface area contributed by atoms with E-state index < -0.39 is 10.0 Å². The summed E-state index contributed by atoms with van der Waals surface area (Å²) in [5, 5.41) is 8.61. The molecule has 1 aromatic heterocycles. The smallest absolute Gasteiger partial charge is 0.206 e. The molecule has 0 aromatic carbocycles. The predicted octanol–water partition coefficient (Wildman–Crippen LogP) is 1.45. The van der Waals surface area contributed by atoms with Gasteiger partial charge in [0.2, 0.25) is 0 Å². The van der Waals surface area contributed by atoms with Gasteiger partial charge in [-0.2, -0.15) is 5.26 Å². The molecule has 0 atom stereocenters. The van der Waals surface area contributed by atoms with Gasteiger partial charge in [-0.15, -0.1) is 11.3 Å². The quantitative estimate of drug-likeness (QED) is 0.872. The first-order valence-electron chi connectivity index (χ1n) is 4.49. The summed E-state index contributed by atoms with van der Waals surface area (Å²) in [5.74, 6) is 0. The molecule has 2 rings (SSSR count). The van der Waals surface area contributed by atoms with Crippen LogP contribution in [0.3, 0.4) is 0 Å². The van der Waals surface area contributed by atoms with Crippen molar-refractivity contribution >= 4 is 21.4 Å². The van der Waals surface area contributed by atoms with Crippen LogP contribution in [0.5, 0.6) is 0 Å². The Labute approximate surface area is 92.6 Å². The van der Waals surface area contributed by atoms with Crippen LogP contribution in [0.2, 0.25) is 0 Å². The van der Waals surface area contributed by atoms with Crippen molar-refractivity contribution in [2.75, 3.05) is 0 Å². The van der Waals surface area contributed by atoms with Gasteiger partial charge >= 0.3 is 0 Å². The van der Waals surface area contributed by atoms with Crippen LogP contribution in [0.1, 0.15) is 24.6 Å². The van der Waals surface area contributed by atoms with Crippen LogP contribution >= 0.6 is 11.3 Å². The average Bonchev–Trinajstić information content (AvgIpc) is 2.71. The Kier molecular flexibility index (Phi) is 2.34. The van der Waals surface area contributed by atoms with E-state index in [4.69, 9.17) is 5.26 Å². The predicted molar refractivity (Wildman–Crippen MR) is 57.0 cm³/mol. The maximum atomic E-state index is 11.8. The zero-order chi connectivity index (χ0) is 11.1. The SMILES string of the molecule is CC1(NS(=O)(=O)c2ccc(C#N)s2)CC1. The summed E-state index contributed by atoms with van der Waals surface area (Å²) in [7, 11) is -3.43. The molecule has 0 amide bonds. The highest BCUT2D eigenvalue weighted by Gasteiger charge is 2.41. The van der Waals surface area contributed by atoms with Gasteiger partial charge in [0.15, 0.2) is 0 Å². The third kappa shape index (κ3) is 2.20. The van der Waals surface area contributed by atoms with E-state index in [2.05, 4.69) is 4.72 Å². The first-order chi connectivity index (χ1) is 6.95. The molecule has 1 fully saturated rings. The number of thiophene rings is 1. The molecule has 80 valence electrons. The molecule has 1 saturated carbocycles. The molecule has 1 N–H and O–H groups in total. The highest BCUT2D eigenvalue weighted by Crippen LogP contribution is 2.36. The van der Waals surface area contributed by atoms with Crippen molar-refractivity contribution in [2.24, 2.45) is 0 Å². The Bertz CT molecular complexity index is 521. The Morgan fingerprint density at radius 2 is 2.20 bits per heavy atom. The van der Waals surface area contributed by atoms with E-state index in [0.717, 1.165) is 24.2 Å². The summed E-state index contributed by atoms with van der Waals surface area (Å²) >= 11 is 0.997. The number of nitrogens with one attached hydrogen (secondary N) is 1. The van der Waals surface area contributed by atoms with Gasteiger partial charge in [0.25, 0.3) is 10.0 Å². The highest BCUT2D eigenvalue weighted by atomic mass is 32.2. The van der Waals surface area contributed by atoms with Crippen LogP contribution in [0.15, 0.2) is 16.3 Å². The molecule has 1 heterocycles. The second-order valence-corrected chi connectivity index (χ2v) is 6.89. The Hall–Kier alpha value is -0.900. The maximum absolute atomic E-state index is 11.8. The average molecular weight is 242 g/mol. The monoisotopic (exact) mass is 242 g/mol. The van der Waals surface area contributed by atoms with Gasteiger partial charge in [0.05, 0.1) is 0 Å². The lowest BCUT2D eigenvalue weighted by Gasteiger charge is -2.09. The van der Waals surface area contributed by atoms with Crippen molar-refractivity contribution in [3.63, 3.8) is 0 Å². The van der Waals surface area contributed by atoms with Crippen molar-refractivity contribution in [3.05, 3.63) is 17.0 Å². The molecular formula is C9H10N2O2S2. The normalized spacial score (nSPS) is 18.4. The van der Waals surface area contributed by atoms with Crippen LogP contribution < -0.4 is 4.72 Å². The molecule has 4 nitrogen and oxygen atoms in total. The van der Waals surface area contributed by atoms with E-state index in [0.29, 0.717) is 4.88 Å². The number of hydrogen-bond donors (Lipinski definition) is 1. The molecule has 0 radical (unpaired) electrons. The number of nitrogens with zero attached hydrogens (tertiary/aromatic N) is 1. The van der Waals surface area contributed by atoms with E-state index >= 15 is 0 Å². The van der Waals surface area contributed by atoms with E-state index in [1.54, 1.807) is 0 Å². The van der Waals surface area contributed by atoms with Crippen LogP contribution in [0, 0.1) is 11.3 Å². The Morgan fingerprint density at radius 1 is 1.53 bits per heavy atom. The molecule has 0 saturated heterocycles. The first kappa shape index (κ1) is 10.6. The largest absolute Gasteiger partial charge is 0.250 e. The van der Waals surface area contributed by atoms with E-state index in [1.807, 2.05) is 13.0 Å². The van der Waals surface area contributed by atoms with Gasteiger partial charge in [0.1, 0.15) is 15.2 Å². The molecule has 1 aliphatic rings. The highest BCUT2D eigenvalue weighted by molar-refractivity contribution is 7.91. The number of rotatable bonds is 3.